The number of terminal acetylenes is 1. The molecule has 1 saturated heterocycles. The van der Waals surface area contributed by atoms with Crippen LogP contribution in [0.3, 0.4) is 0 Å². The van der Waals surface area contributed by atoms with Crippen molar-refractivity contribution in [3.05, 3.63) is 6.20 Å². The molecule has 0 aliphatic carbocycles. The van der Waals surface area contributed by atoms with Crippen molar-refractivity contribution in [2.75, 3.05) is 23.7 Å². The topological polar surface area (TPSA) is 42.2 Å². The zero-order valence-electron chi connectivity index (χ0n) is 7.94. The molecule has 4 heteroatoms. The molecule has 1 aliphatic heterocycles. The third kappa shape index (κ3) is 1.83. The molecular formula is C10H13N3S. The van der Waals surface area contributed by atoms with Crippen LogP contribution in [0.25, 0.3) is 0 Å². The van der Waals surface area contributed by atoms with E-state index in [1.165, 1.54) is 0 Å². The van der Waals surface area contributed by atoms with Crippen LogP contribution in [0.4, 0.5) is 10.1 Å². The second-order valence-corrected chi connectivity index (χ2v) is 4.51. The first-order chi connectivity index (χ1) is 6.79. The Morgan fingerprint density at radius 3 is 2.79 bits per heavy atom. The van der Waals surface area contributed by atoms with Gasteiger partial charge in [-0.1, -0.05) is 11.3 Å². The normalized spacial score (nSPS) is 18.1. The molecule has 0 spiro atoms. The van der Waals surface area contributed by atoms with Gasteiger partial charge in [0.25, 0.3) is 0 Å². The molecule has 1 aromatic rings. The molecule has 2 rings (SSSR count). The number of anilines is 2. The summed E-state index contributed by atoms with van der Waals surface area (Å²) in [6, 6.07) is 0. The summed E-state index contributed by atoms with van der Waals surface area (Å²) in [5.41, 5.74) is 5.64. The standard InChI is InChI=1S/C10H13N3S/c1-2-8-3-5-13(6-4-8)10-12-7-9(11)14-10/h1,7-8H,3-6,11H2. The van der Waals surface area contributed by atoms with Gasteiger partial charge < -0.3 is 10.6 Å². The SMILES string of the molecule is C#CC1CCN(c2ncc(N)s2)CC1. The maximum absolute atomic E-state index is 5.64. The number of piperidine rings is 1. The minimum absolute atomic E-state index is 0.448. The van der Waals surface area contributed by atoms with Crippen LogP contribution in [-0.2, 0) is 0 Å². The number of rotatable bonds is 1. The summed E-state index contributed by atoms with van der Waals surface area (Å²) in [5.74, 6) is 3.26. The zero-order valence-corrected chi connectivity index (χ0v) is 8.76. The molecule has 0 aromatic carbocycles. The van der Waals surface area contributed by atoms with Crippen LogP contribution in [0.1, 0.15) is 12.8 Å². The second kappa shape index (κ2) is 3.89. The van der Waals surface area contributed by atoms with E-state index in [9.17, 15) is 0 Å². The van der Waals surface area contributed by atoms with E-state index in [1.54, 1.807) is 17.5 Å². The van der Waals surface area contributed by atoms with Crippen molar-refractivity contribution in [3.8, 4) is 12.3 Å². The molecule has 0 saturated carbocycles. The summed E-state index contributed by atoms with van der Waals surface area (Å²) in [7, 11) is 0. The first-order valence-corrected chi connectivity index (χ1v) is 5.53. The predicted octanol–water partition coefficient (Wildman–Crippen LogP) is 1.57. The van der Waals surface area contributed by atoms with Crippen molar-refractivity contribution in [2.24, 2.45) is 5.92 Å². The molecule has 0 amide bonds. The Morgan fingerprint density at radius 2 is 2.29 bits per heavy atom. The molecule has 0 atom stereocenters. The van der Waals surface area contributed by atoms with Gasteiger partial charge in [0.05, 0.1) is 6.20 Å². The van der Waals surface area contributed by atoms with Crippen molar-refractivity contribution < 1.29 is 0 Å². The van der Waals surface area contributed by atoms with Gasteiger partial charge in [-0.2, -0.15) is 0 Å². The lowest BCUT2D eigenvalue weighted by atomic mass is 9.98. The molecule has 0 bridgehead atoms. The number of nitrogen functional groups attached to an aromatic ring is 1. The summed E-state index contributed by atoms with van der Waals surface area (Å²) in [6.45, 7) is 2.00. The predicted molar refractivity (Wildman–Crippen MR) is 60.3 cm³/mol. The Kier molecular flexibility index (Phi) is 2.60. The Bertz CT molecular complexity index is 344. The van der Waals surface area contributed by atoms with Gasteiger partial charge in [-0.05, 0) is 12.8 Å². The van der Waals surface area contributed by atoms with Crippen molar-refractivity contribution in [1.82, 2.24) is 4.98 Å². The molecule has 1 aliphatic rings. The molecule has 14 heavy (non-hydrogen) atoms. The Morgan fingerprint density at radius 1 is 1.57 bits per heavy atom. The van der Waals surface area contributed by atoms with E-state index in [1.807, 2.05) is 0 Å². The van der Waals surface area contributed by atoms with Crippen LogP contribution >= 0.6 is 11.3 Å². The molecule has 74 valence electrons. The number of aromatic nitrogens is 1. The van der Waals surface area contributed by atoms with Gasteiger partial charge in [-0.15, -0.1) is 12.3 Å². The van der Waals surface area contributed by atoms with Gasteiger partial charge in [-0.25, -0.2) is 4.98 Å². The first-order valence-electron chi connectivity index (χ1n) is 4.72. The fourth-order valence-corrected chi connectivity index (χ4v) is 2.39. The number of nitrogens with zero attached hydrogens (tertiary/aromatic N) is 2. The summed E-state index contributed by atoms with van der Waals surface area (Å²) in [6.07, 6.45) is 9.24. The summed E-state index contributed by atoms with van der Waals surface area (Å²) in [5, 5.41) is 1.80. The highest BCUT2D eigenvalue weighted by molar-refractivity contribution is 7.19. The van der Waals surface area contributed by atoms with E-state index in [-0.39, 0.29) is 0 Å². The Labute approximate surface area is 87.9 Å². The molecular weight excluding hydrogens is 194 g/mol. The van der Waals surface area contributed by atoms with Gasteiger partial charge in [-0.3, -0.25) is 0 Å². The minimum Gasteiger partial charge on any atom is -0.389 e. The molecule has 3 nitrogen and oxygen atoms in total. The van der Waals surface area contributed by atoms with Crippen LogP contribution in [0, 0.1) is 18.3 Å². The van der Waals surface area contributed by atoms with Gasteiger partial charge in [0.2, 0.25) is 0 Å². The largest absolute Gasteiger partial charge is 0.389 e. The van der Waals surface area contributed by atoms with Crippen molar-refractivity contribution in [1.29, 1.82) is 0 Å². The zero-order chi connectivity index (χ0) is 9.97. The maximum Gasteiger partial charge on any atom is 0.187 e. The number of hydrogen-bond acceptors (Lipinski definition) is 4. The van der Waals surface area contributed by atoms with Crippen LogP contribution in [0.5, 0.6) is 0 Å². The van der Waals surface area contributed by atoms with Gasteiger partial charge in [0, 0.05) is 19.0 Å². The van der Waals surface area contributed by atoms with Crippen molar-refractivity contribution >= 4 is 21.5 Å². The number of nitrogens with two attached hydrogens (primary N) is 1. The highest BCUT2D eigenvalue weighted by Gasteiger charge is 2.19. The van der Waals surface area contributed by atoms with Crippen molar-refractivity contribution in [3.63, 3.8) is 0 Å². The highest BCUT2D eigenvalue weighted by atomic mass is 32.1. The molecule has 0 unspecified atom stereocenters. The van der Waals surface area contributed by atoms with E-state index in [0.29, 0.717) is 5.92 Å². The van der Waals surface area contributed by atoms with Gasteiger partial charge >= 0.3 is 0 Å². The maximum atomic E-state index is 5.64. The van der Waals surface area contributed by atoms with Crippen LogP contribution < -0.4 is 10.6 Å². The molecule has 0 radical (unpaired) electrons. The van der Waals surface area contributed by atoms with E-state index >= 15 is 0 Å². The minimum atomic E-state index is 0.448. The van der Waals surface area contributed by atoms with Crippen LogP contribution in [0.2, 0.25) is 0 Å². The third-order valence-electron chi connectivity index (χ3n) is 2.51. The summed E-state index contributed by atoms with van der Waals surface area (Å²) in [4.78, 5) is 6.52. The lowest BCUT2D eigenvalue weighted by Crippen LogP contribution is -2.33. The first kappa shape index (κ1) is 9.35. The molecule has 1 fully saturated rings. The average molecular weight is 207 g/mol. The van der Waals surface area contributed by atoms with E-state index in [0.717, 1.165) is 36.1 Å². The van der Waals surface area contributed by atoms with E-state index < -0.39 is 0 Å². The fraction of sp³-hybridized carbons (Fsp3) is 0.500. The molecule has 1 aromatic heterocycles. The van der Waals surface area contributed by atoms with E-state index in [4.69, 9.17) is 12.2 Å². The Hall–Kier alpha value is -1.21. The van der Waals surface area contributed by atoms with Crippen molar-refractivity contribution in [2.45, 2.75) is 12.8 Å². The quantitative estimate of drug-likeness (QED) is 0.711. The Balaban J connectivity index is 1.99. The highest BCUT2D eigenvalue weighted by Crippen LogP contribution is 2.27. The van der Waals surface area contributed by atoms with Crippen LogP contribution in [-0.4, -0.2) is 18.1 Å². The fourth-order valence-electron chi connectivity index (χ4n) is 1.66. The molecule has 2 heterocycles. The van der Waals surface area contributed by atoms with Crippen LogP contribution in [0.15, 0.2) is 6.20 Å². The molecule has 2 N–H and O–H groups in total. The average Bonchev–Trinajstić information content (AvgIpc) is 2.65. The number of thiazole rings is 1. The summed E-state index contributed by atoms with van der Waals surface area (Å²) >= 11 is 1.54. The van der Waals surface area contributed by atoms with Gasteiger partial charge in [0.15, 0.2) is 5.13 Å². The lowest BCUT2D eigenvalue weighted by molar-refractivity contribution is 0.491. The lowest BCUT2D eigenvalue weighted by Gasteiger charge is -2.29. The van der Waals surface area contributed by atoms with E-state index in [2.05, 4.69) is 15.8 Å². The number of hydrogen-bond donors (Lipinski definition) is 1. The summed E-state index contributed by atoms with van der Waals surface area (Å²) < 4.78 is 0. The monoisotopic (exact) mass is 207 g/mol. The van der Waals surface area contributed by atoms with Gasteiger partial charge in [0.1, 0.15) is 5.00 Å². The third-order valence-corrected chi connectivity index (χ3v) is 3.40. The smallest absolute Gasteiger partial charge is 0.187 e. The second-order valence-electron chi connectivity index (χ2n) is 3.47.